The Morgan fingerprint density at radius 1 is 1.27 bits per heavy atom. The summed E-state index contributed by atoms with van der Waals surface area (Å²) in [6.07, 6.45) is 3.34. The average molecular weight is 300 g/mol. The number of anilines is 2. The first-order chi connectivity index (χ1) is 10.7. The Bertz CT molecular complexity index is 607. The van der Waals surface area contributed by atoms with Gasteiger partial charge >= 0.3 is 6.09 Å². The van der Waals surface area contributed by atoms with Gasteiger partial charge in [0.05, 0.1) is 12.8 Å². The number of benzene rings is 1. The van der Waals surface area contributed by atoms with Crippen molar-refractivity contribution in [3.8, 4) is 0 Å². The van der Waals surface area contributed by atoms with Crippen LogP contribution in [-0.4, -0.2) is 25.3 Å². The van der Waals surface area contributed by atoms with Crippen LogP contribution in [0.2, 0.25) is 0 Å². The monoisotopic (exact) mass is 300 g/mol. The Labute approximate surface area is 129 Å². The summed E-state index contributed by atoms with van der Waals surface area (Å²) in [5.41, 5.74) is 1.92. The van der Waals surface area contributed by atoms with Crippen molar-refractivity contribution in [3.63, 3.8) is 0 Å². The number of aryl methyl sites for hydroxylation is 1. The predicted octanol–water partition coefficient (Wildman–Crippen LogP) is 3.67. The molecule has 1 aromatic heterocycles. The Morgan fingerprint density at radius 3 is 2.73 bits per heavy atom. The van der Waals surface area contributed by atoms with E-state index >= 15 is 0 Å². The molecule has 5 nitrogen and oxygen atoms in total. The second kappa shape index (κ2) is 6.56. The fourth-order valence-electron chi connectivity index (χ4n) is 2.54. The van der Waals surface area contributed by atoms with E-state index in [0.29, 0.717) is 19.2 Å². The first-order valence-corrected chi connectivity index (χ1v) is 7.55. The second-order valence-corrected chi connectivity index (χ2v) is 5.48. The van der Waals surface area contributed by atoms with Crippen LogP contribution in [0.4, 0.5) is 16.2 Å². The first-order valence-electron chi connectivity index (χ1n) is 7.55. The van der Waals surface area contributed by atoms with Gasteiger partial charge in [0.2, 0.25) is 0 Å². The number of amides is 1. The first kappa shape index (κ1) is 14.5. The highest BCUT2D eigenvalue weighted by atomic mass is 16.6. The Morgan fingerprint density at radius 2 is 2.09 bits per heavy atom. The van der Waals surface area contributed by atoms with Gasteiger partial charge in [-0.15, -0.1) is 0 Å². The SMILES string of the molecule is C[C@H](CCc1ccco1)Nc1ccc(N2CCOC2=O)cc1. The third-order valence-electron chi connectivity index (χ3n) is 3.76. The summed E-state index contributed by atoms with van der Waals surface area (Å²) in [7, 11) is 0. The average Bonchev–Trinajstić information content (AvgIpc) is 3.17. The van der Waals surface area contributed by atoms with Gasteiger partial charge in [0.15, 0.2) is 0 Å². The molecule has 3 rings (SSSR count). The maximum atomic E-state index is 11.5. The number of hydrogen-bond acceptors (Lipinski definition) is 4. The van der Waals surface area contributed by atoms with E-state index < -0.39 is 0 Å². The third-order valence-corrected chi connectivity index (χ3v) is 3.76. The lowest BCUT2D eigenvalue weighted by Crippen LogP contribution is -2.23. The maximum Gasteiger partial charge on any atom is 0.414 e. The summed E-state index contributed by atoms with van der Waals surface area (Å²) in [6.45, 7) is 3.22. The van der Waals surface area contributed by atoms with Gasteiger partial charge in [-0.05, 0) is 49.7 Å². The number of ether oxygens (including phenoxy) is 1. The van der Waals surface area contributed by atoms with Crippen LogP contribution >= 0.6 is 0 Å². The molecule has 2 aromatic rings. The largest absolute Gasteiger partial charge is 0.469 e. The molecular weight excluding hydrogens is 280 g/mol. The molecule has 0 bridgehead atoms. The molecule has 1 atom stereocenters. The van der Waals surface area contributed by atoms with E-state index in [9.17, 15) is 4.79 Å². The summed E-state index contributed by atoms with van der Waals surface area (Å²) < 4.78 is 10.3. The van der Waals surface area contributed by atoms with E-state index in [0.717, 1.165) is 30.0 Å². The van der Waals surface area contributed by atoms with Crippen molar-refractivity contribution in [3.05, 3.63) is 48.4 Å². The van der Waals surface area contributed by atoms with Gasteiger partial charge in [-0.3, -0.25) is 4.90 Å². The van der Waals surface area contributed by atoms with Crippen molar-refractivity contribution < 1.29 is 13.9 Å². The van der Waals surface area contributed by atoms with Crippen LogP contribution in [0.3, 0.4) is 0 Å². The summed E-state index contributed by atoms with van der Waals surface area (Å²) in [4.78, 5) is 13.2. The lowest BCUT2D eigenvalue weighted by molar-refractivity contribution is 0.181. The molecule has 1 N–H and O–H groups in total. The topological polar surface area (TPSA) is 54.7 Å². The summed E-state index contributed by atoms with van der Waals surface area (Å²) in [6, 6.07) is 12.1. The van der Waals surface area contributed by atoms with Crippen LogP contribution in [0.5, 0.6) is 0 Å². The molecule has 116 valence electrons. The van der Waals surface area contributed by atoms with Gasteiger partial charge < -0.3 is 14.5 Å². The van der Waals surface area contributed by atoms with Crippen molar-refractivity contribution in [2.75, 3.05) is 23.4 Å². The highest BCUT2D eigenvalue weighted by Crippen LogP contribution is 2.21. The molecule has 1 aromatic carbocycles. The minimum absolute atomic E-state index is 0.271. The molecule has 1 saturated heterocycles. The number of carbonyl (C=O) groups is 1. The minimum Gasteiger partial charge on any atom is -0.469 e. The predicted molar refractivity (Wildman–Crippen MR) is 85.2 cm³/mol. The number of hydrogen-bond donors (Lipinski definition) is 1. The van der Waals surface area contributed by atoms with Crippen LogP contribution in [0.15, 0.2) is 47.1 Å². The molecular formula is C17H20N2O3. The maximum absolute atomic E-state index is 11.5. The van der Waals surface area contributed by atoms with E-state index in [1.807, 2.05) is 36.4 Å². The molecule has 1 fully saturated rings. The molecule has 0 saturated carbocycles. The number of nitrogens with one attached hydrogen (secondary N) is 1. The third kappa shape index (κ3) is 3.42. The zero-order valence-electron chi connectivity index (χ0n) is 12.6. The van der Waals surface area contributed by atoms with Crippen LogP contribution in [-0.2, 0) is 11.2 Å². The van der Waals surface area contributed by atoms with Gasteiger partial charge in [-0.1, -0.05) is 0 Å². The molecule has 2 heterocycles. The smallest absolute Gasteiger partial charge is 0.414 e. The van der Waals surface area contributed by atoms with Crippen LogP contribution < -0.4 is 10.2 Å². The summed E-state index contributed by atoms with van der Waals surface area (Å²) >= 11 is 0. The number of furan rings is 1. The van der Waals surface area contributed by atoms with E-state index in [2.05, 4.69) is 12.2 Å². The zero-order chi connectivity index (χ0) is 15.4. The number of nitrogens with zero attached hydrogens (tertiary/aromatic N) is 1. The lowest BCUT2D eigenvalue weighted by atomic mass is 10.1. The molecule has 0 radical (unpaired) electrons. The molecule has 1 amide bonds. The van der Waals surface area contributed by atoms with E-state index in [1.165, 1.54) is 0 Å². The van der Waals surface area contributed by atoms with Crippen molar-refractivity contribution >= 4 is 17.5 Å². The van der Waals surface area contributed by atoms with Crippen LogP contribution in [0.1, 0.15) is 19.1 Å². The molecule has 5 heteroatoms. The fourth-order valence-corrected chi connectivity index (χ4v) is 2.54. The van der Waals surface area contributed by atoms with Crippen LogP contribution in [0.25, 0.3) is 0 Å². The van der Waals surface area contributed by atoms with Gasteiger partial charge in [-0.2, -0.15) is 0 Å². The Balaban J connectivity index is 1.53. The van der Waals surface area contributed by atoms with Crippen molar-refractivity contribution in [2.24, 2.45) is 0 Å². The lowest BCUT2D eigenvalue weighted by Gasteiger charge is -2.17. The quantitative estimate of drug-likeness (QED) is 0.884. The zero-order valence-corrected chi connectivity index (χ0v) is 12.6. The van der Waals surface area contributed by atoms with Gasteiger partial charge in [-0.25, -0.2) is 4.79 Å². The van der Waals surface area contributed by atoms with Crippen molar-refractivity contribution in [1.29, 1.82) is 0 Å². The van der Waals surface area contributed by atoms with Gasteiger partial charge in [0.1, 0.15) is 12.4 Å². The molecule has 0 aliphatic carbocycles. The standard InChI is InChI=1S/C17H20N2O3/c1-13(4-9-16-3-2-11-21-16)18-14-5-7-15(8-6-14)19-10-12-22-17(19)20/h2-3,5-8,11,13,18H,4,9-10,12H2,1H3/t13-/m1/s1. The van der Waals surface area contributed by atoms with Gasteiger partial charge in [0.25, 0.3) is 0 Å². The fraction of sp³-hybridized carbons (Fsp3) is 0.353. The highest BCUT2D eigenvalue weighted by molar-refractivity contribution is 5.89. The van der Waals surface area contributed by atoms with Crippen LogP contribution in [0, 0.1) is 0 Å². The van der Waals surface area contributed by atoms with E-state index in [-0.39, 0.29) is 6.09 Å². The van der Waals surface area contributed by atoms with Crippen molar-refractivity contribution in [1.82, 2.24) is 0 Å². The number of carbonyl (C=O) groups excluding carboxylic acids is 1. The molecule has 0 unspecified atom stereocenters. The van der Waals surface area contributed by atoms with Gasteiger partial charge in [0, 0.05) is 23.8 Å². The molecule has 1 aliphatic rings. The van der Waals surface area contributed by atoms with E-state index in [1.54, 1.807) is 11.2 Å². The molecule has 22 heavy (non-hydrogen) atoms. The minimum atomic E-state index is -0.271. The normalized spacial score (nSPS) is 15.7. The van der Waals surface area contributed by atoms with E-state index in [4.69, 9.17) is 9.15 Å². The molecule has 1 aliphatic heterocycles. The summed E-state index contributed by atoms with van der Waals surface area (Å²) in [5.74, 6) is 1.01. The van der Waals surface area contributed by atoms with Crippen molar-refractivity contribution in [2.45, 2.75) is 25.8 Å². The second-order valence-electron chi connectivity index (χ2n) is 5.48. The summed E-state index contributed by atoms with van der Waals surface area (Å²) in [5, 5.41) is 3.46. The molecule has 0 spiro atoms. The highest BCUT2D eigenvalue weighted by Gasteiger charge is 2.23. The number of rotatable bonds is 6. The Hall–Kier alpha value is -2.43. The Kier molecular flexibility index (Phi) is 4.32. The number of cyclic esters (lactones) is 1.